The highest BCUT2D eigenvalue weighted by Gasteiger charge is 2.36. The average Bonchev–Trinajstić information content (AvgIpc) is 2.96. The second-order valence-corrected chi connectivity index (χ2v) is 11.1. The first kappa shape index (κ1) is 22.9. The molecule has 0 bridgehead atoms. The quantitative estimate of drug-likeness (QED) is 0.568. The molecule has 170 valence electrons. The Morgan fingerprint density at radius 1 is 1.03 bits per heavy atom. The molecule has 0 amide bonds. The minimum Gasteiger partial charge on any atom is -0.437 e. The summed E-state index contributed by atoms with van der Waals surface area (Å²) >= 11 is 10.3. The summed E-state index contributed by atoms with van der Waals surface area (Å²) in [6, 6.07) is 8.71. The number of halogens is 2. The van der Waals surface area contributed by atoms with Gasteiger partial charge in [0.2, 0.25) is 0 Å². The van der Waals surface area contributed by atoms with Gasteiger partial charge in [0.05, 0.1) is 11.7 Å². The standard InChI is InChI=1S/C25H32BBrClN3O/c1-26(32)31-13-8-18(9-14-31)17-6-11-30(12-7-17)25-23-20(15-21(28)16-22(23)27)5-4-19-3-2-10-29-24(19)25/h2-3,10,15-18,25,32H,4-9,11-14H2,1H3. The van der Waals surface area contributed by atoms with Gasteiger partial charge in [0.1, 0.15) is 0 Å². The Labute approximate surface area is 205 Å². The topological polar surface area (TPSA) is 39.6 Å². The summed E-state index contributed by atoms with van der Waals surface area (Å²) in [5.74, 6) is 1.59. The first-order valence-electron chi connectivity index (χ1n) is 12.1. The molecule has 2 aromatic rings. The maximum absolute atomic E-state index is 9.88. The summed E-state index contributed by atoms with van der Waals surface area (Å²) in [6.07, 6.45) is 8.90. The van der Waals surface area contributed by atoms with Crippen LogP contribution in [0.3, 0.4) is 0 Å². The molecule has 3 heterocycles. The zero-order valence-electron chi connectivity index (χ0n) is 18.8. The maximum atomic E-state index is 9.88. The molecule has 7 heteroatoms. The van der Waals surface area contributed by atoms with Gasteiger partial charge < -0.3 is 9.83 Å². The van der Waals surface area contributed by atoms with Gasteiger partial charge >= 0.3 is 7.05 Å². The summed E-state index contributed by atoms with van der Waals surface area (Å²) in [5.41, 5.74) is 5.29. The number of aryl methyl sites for hydroxylation is 2. The van der Waals surface area contributed by atoms with E-state index in [9.17, 15) is 5.02 Å². The van der Waals surface area contributed by atoms with E-state index in [-0.39, 0.29) is 13.1 Å². The van der Waals surface area contributed by atoms with Crippen molar-refractivity contribution < 1.29 is 5.02 Å². The minimum absolute atomic E-state index is 0.188. The van der Waals surface area contributed by atoms with Crippen LogP contribution < -0.4 is 0 Å². The first-order chi connectivity index (χ1) is 15.5. The second-order valence-electron chi connectivity index (χ2n) is 9.79. The lowest BCUT2D eigenvalue weighted by molar-refractivity contribution is 0.0960. The molecule has 2 aliphatic heterocycles. The monoisotopic (exact) mass is 515 g/mol. The molecule has 1 N–H and O–H groups in total. The van der Waals surface area contributed by atoms with Crippen LogP contribution in [0, 0.1) is 11.8 Å². The summed E-state index contributed by atoms with van der Waals surface area (Å²) in [4.78, 5) is 9.78. The Morgan fingerprint density at radius 2 is 1.69 bits per heavy atom. The van der Waals surface area contributed by atoms with Crippen molar-refractivity contribution in [2.24, 2.45) is 11.8 Å². The number of rotatable bonds is 3. The minimum atomic E-state index is -0.312. The fraction of sp³-hybridized carbons (Fsp3) is 0.560. The number of piperidine rings is 2. The van der Waals surface area contributed by atoms with Crippen LogP contribution in [0.25, 0.3) is 0 Å². The van der Waals surface area contributed by atoms with E-state index in [1.807, 2.05) is 19.1 Å². The van der Waals surface area contributed by atoms with Crippen LogP contribution in [0.4, 0.5) is 0 Å². The lowest BCUT2D eigenvalue weighted by atomic mass is 9.75. The molecule has 1 aliphatic carbocycles. The van der Waals surface area contributed by atoms with Gasteiger partial charge in [-0.2, -0.15) is 0 Å². The first-order valence-corrected chi connectivity index (χ1v) is 13.3. The smallest absolute Gasteiger partial charge is 0.376 e. The van der Waals surface area contributed by atoms with E-state index in [4.69, 9.17) is 16.6 Å². The van der Waals surface area contributed by atoms with Crippen molar-refractivity contribution in [2.75, 3.05) is 26.2 Å². The fourth-order valence-corrected chi connectivity index (χ4v) is 7.33. The Morgan fingerprint density at radius 3 is 2.38 bits per heavy atom. The number of pyridine rings is 1. The number of aromatic nitrogens is 1. The summed E-state index contributed by atoms with van der Waals surface area (Å²) in [6.45, 7) is 6.17. The van der Waals surface area contributed by atoms with E-state index >= 15 is 0 Å². The van der Waals surface area contributed by atoms with Crippen LogP contribution in [-0.4, -0.2) is 52.9 Å². The molecule has 1 unspecified atom stereocenters. The maximum Gasteiger partial charge on any atom is 0.376 e. The van der Waals surface area contributed by atoms with Crippen LogP contribution in [0.5, 0.6) is 0 Å². The Balaban J connectivity index is 1.37. The van der Waals surface area contributed by atoms with Crippen molar-refractivity contribution in [3.63, 3.8) is 0 Å². The number of likely N-dealkylation sites (tertiary alicyclic amines) is 1. The van der Waals surface area contributed by atoms with Crippen molar-refractivity contribution in [3.05, 3.63) is 62.3 Å². The lowest BCUT2D eigenvalue weighted by Crippen LogP contribution is -2.46. The zero-order chi connectivity index (χ0) is 22.2. The second kappa shape index (κ2) is 9.75. The molecule has 32 heavy (non-hydrogen) atoms. The molecular weight excluding hydrogens is 484 g/mol. The van der Waals surface area contributed by atoms with Crippen LogP contribution in [0.15, 0.2) is 34.9 Å². The molecule has 2 saturated heterocycles. The molecule has 1 aromatic carbocycles. The van der Waals surface area contributed by atoms with Gasteiger partial charge in [-0.1, -0.05) is 33.6 Å². The largest absolute Gasteiger partial charge is 0.437 e. The highest BCUT2D eigenvalue weighted by molar-refractivity contribution is 9.10. The van der Waals surface area contributed by atoms with E-state index in [0.717, 1.165) is 60.4 Å². The summed E-state index contributed by atoms with van der Waals surface area (Å²) < 4.78 is 1.11. The fourth-order valence-electron chi connectivity index (χ4n) is 6.23. The molecule has 3 aliphatic rings. The number of hydrogen-bond donors (Lipinski definition) is 1. The third-order valence-electron chi connectivity index (χ3n) is 8.01. The molecule has 4 nitrogen and oxygen atoms in total. The Hall–Kier alpha value is -0.915. The molecule has 2 fully saturated rings. The average molecular weight is 517 g/mol. The van der Waals surface area contributed by atoms with E-state index in [2.05, 4.69) is 43.8 Å². The van der Waals surface area contributed by atoms with E-state index in [1.54, 1.807) is 0 Å². The highest BCUT2D eigenvalue weighted by atomic mass is 79.9. The number of fused-ring (bicyclic) bond motifs is 2. The van der Waals surface area contributed by atoms with Gasteiger partial charge in [0.15, 0.2) is 0 Å². The lowest BCUT2D eigenvalue weighted by Gasteiger charge is -2.43. The van der Waals surface area contributed by atoms with Gasteiger partial charge in [-0.05, 0) is 118 Å². The van der Waals surface area contributed by atoms with Crippen LogP contribution >= 0.6 is 27.5 Å². The molecule has 0 saturated carbocycles. The number of nitrogens with zero attached hydrogens (tertiary/aromatic N) is 3. The molecule has 1 aromatic heterocycles. The van der Waals surface area contributed by atoms with Crippen LogP contribution in [0.2, 0.25) is 11.8 Å². The Kier molecular flexibility index (Phi) is 6.97. The van der Waals surface area contributed by atoms with Crippen LogP contribution in [0.1, 0.15) is 54.1 Å². The third-order valence-corrected chi connectivity index (χ3v) is 8.89. The highest BCUT2D eigenvalue weighted by Crippen LogP contribution is 2.43. The number of benzene rings is 1. The predicted octanol–water partition coefficient (Wildman–Crippen LogP) is 5.22. The van der Waals surface area contributed by atoms with Crippen molar-refractivity contribution in [2.45, 2.75) is 51.4 Å². The SMILES string of the molecule is CB(O)N1CCC(C2CCN(C3c4ncccc4CCc4cc(Cl)cc(Br)c43)CC2)CC1. The molecule has 0 spiro atoms. The molecular formula is C25H32BBrClN3O. The van der Waals surface area contributed by atoms with Gasteiger partial charge in [-0.15, -0.1) is 0 Å². The summed E-state index contributed by atoms with van der Waals surface area (Å²) in [5, 5.41) is 10.7. The molecule has 1 atom stereocenters. The van der Waals surface area contributed by atoms with Gasteiger partial charge in [0.25, 0.3) is 0 Å². The molecule has 5 rings (SSSR count). The zero-order valence-corrected chi connectivity index (χ0v) is 21.2. The van der Waals surface area contributed by atoms with Crippen LogP contribution in [-0.2, 0) is 12.8 Å². The van der Waals surface area contributed by atoms with Crippen molar-refractivity contribution >= 4 is 34.6 Å². The third kappa shape index (κ3) is 4.54. The predicted molar refractivity (Wildman–Crippen MR) is 135 cm³/mol. The van der Waals surface area contributed by atoms with Gasteiger partial charge in [-0.25, -0.2) is 0 Å². The van der Waals surface area contributed by atoms with Crippen molar-refractivity contribution in [3.8, 4) is 0 Å². The normalized spacial score (nSPS) is 23.4. The van der Waals surface area contributed by atoms with Gasteiger partial charge in [-0.3, -0.25) is 9.88 Å². The Bertz CT molecular complexity index is 958. The van der Waals surface area contributed by atoms with Gasteiger partial charge in [0, 0.05) is 15.7 Å². The van der Waals surface area contributed by atoms with Crippen molar-refractivity contribution in [1.82, 2.24) is 14.7 Å². The van der Waals surface area contributed by atoms with Crippen molar-refractivity contribution in [1.29, 1.82) is 0 Å². The van der Waals surface area contributed by atoms with E-state index in [1.165, 1.54) is 48.1 Å². The van der Waals surface area contributed by atoms with E-state index in [0.29, 0.717) is 0 Å². The number of hydrogen-bond acceptors (Lipinski definition) is 4. The molecule has 0 radical (unpaired) electrons. The summed E-state index contributed by atoms with van der Waals surface area (Å²) in [7, 11) is -0.312. The van der Waals surface area contributed by atoms with E-state index < -0.39 is 0 Å².